The van der Waals surface area contributed by atoms with Crippen LogP contribution in [0.2, 0.25) is 0 Å². The van der Waals surface area contributed by atoms with Crippen LogP contribution in [0.25, 0.3) is 11.5 Å². The Hall–Kier alpha value is -2.31. The Morgan fingerprint density at radius 1 is 1.30 bits per heavy atom. The summed E-state index contributed by atoms with van der Waals surface area (Å²) in [5.74, 6) is 0.190. The van der Waals surface area contributed by atoms with E-state index in [4.69, 9.17) is 4.42 Å². The van der Waals surface area contributed by atoms with Gasteiger partial charge in [0.2, 0.25) is 0 Å². The second-order valence-electron chi connectivity index (χ2n) is 5.09. The van der Waals surface area contributed by atoms with E-state index in [9.17, 15) is 9.59 Å². The van der Waals surface area contributed by atoms with E-state index in [0.29, 0.717) is 18.0 Å². The highest BCUT2D eigenvalue weighted by atomic mass is 35.5. The topological polar surface area (TPSA) is 87.1 Å². The van der Waals surface area contributed by atoms with Crippen LogP contribution in [0.15, 0.2) is 51.4 Å². The van der Waals surface area contributed by atoms with Gasteiger partial charge in [0, 0.05) is 13.1 Å². The summed E-state index contributed by atoms with van der Waals surface area (Å²) in [6, 6.07) is 6.66. The molecule has 3 rings (SSSR count). The van der Waals surface area contributed by atoms with Crippen LogP contribution >= 0.6 is 12.4 Å². The van der Waals surface area contributed by atoms with E-state index in [1.165, 1.54) is 17.9 Å². The van der Waals surface area contributed by atoms with Crippen molar-refractivity contribution in [1.82, 2.24) is 15.6 Å². The van der Waals surface area contributed by atoms with Gasteiger partial charge in [0.25, 0.3) is 11.5 Å². The van der Waals surface area contributed by atoms with Crippen LogP contribution in [-0.2, 0) is 0 Å². The molecule has 0 fully saturated rings. The zero-order valence-corrected chi connectivity index (χ0v) is 13.2. The summed E-state index contributed by atoms with van der Waals surface area (Å²) in [5, 5.41) is 6.00. The molecular weight excluding hydrogens is 318 g/mol. The number of rotatable bonds is 4. The van der Waals surface area contributed by atoms with Crippen molar-refractivity contribution < 1.29 is 9.21 Å². The zero-order chi connectivity index (χ0) is 15.4. The maximum atomic E-state index is 12.1. The number of amides is 1. The average Bonchev–Trinajstić information content (AvgIpc) is 3.08. The number of carbonyl (C=O) groups is 1. The number of halogens is 1. The van der Waals surface area contributed by atoms with Gasteiger partial charge in [0.1, 0.15) is 11.3 Å². The lowest BCUT2D eigenvalue weighted by atomic mass is 10.1. The average molecular weight is 336 g/mol. The van der Waals surface area contributed by atoms with Crippen LogP contribution < -0.4 is 16.2 Å². The van der Waals surface area contributed by atoms with Gasteiger partial charge in [-0.2, -0.15) is 0 Å². The minimum Gasteiger partial charge on any atom is -0.463 e. The van der Waals surface area contributed by atoms with Gasteiger partial charge >= 0.3 is 0 Å². The van der Waals surface area contributed by atoms with E-state index in [-0.39, 0.29) is 23.9 Å². The Kier molecular flexibility index (Phi) is 5.78. The number of carbonyl (C=O) groups excluding carboxylic acids is 1. The van der Waals surface area contributed by atoms with Gasteiger partial charge in [-0.25, -0.2) is 0 Å². The van der Waals surface area contributed by atoms with Crippen LogP contribution in [0.1, 0.15) is 16.8 Å². The Labute approximate surface area is 139 Å². The van der Waals surface area contributed by atoms with Gasteiger partial charge < -0.3 is 20.0 Å². The van der Waals surface area contributed by atoms with E-state index in [1.54, 1.807) is 18.2 Å². The Balaban J connectivity index is 0.00000192. The first-order chi connectivity index (χ1) is 10.7. The fraction of sp³-hybridized carbons (Fsp3) is 0.250. The molecule has 1 aliphatic heterocycles. The molecule has 0 aromatic carbocycles. The number of nitrogens with one attached hydrogen (secondary N) is 3. The predicted molar refractivity (Wildman–Crippen MR) is 89.9 cm³/mol. The van der Waals surface area contributed by atoms with Gasteiger partial charge in [-0.05, 0) is 37.2 Å². The lowest BCUT2D eigenvalue weighted by Crippen LogP contribution is -2.32. The highest BCUT2D eigenvalue weighted by molar-refractivity contribution is 5.94. The number of hydrogen-bond acceptors (Lipinski definition) is 4. The summed E-state index contributed by atoms with van der Waals surface area (Å²) in [6.07, 6.45) is 4.50. The molecule has 3 heterocycles. The first-order valence-corrected chi connectivity index (χ1v) is 7.18. The Morgan fingerprint density at radius 3 is 2.83 bits per heavy atom. The van der Waals surface area contributed by atoms with Crippen molar-refractivity contribution in [2.75, 3.05) is 19.6 Å². The molecule has 0 atom stereocenters. The van der Waals surface area contributed by atoms with E-state index in [1.807, 2.05) is 0 Å². The maximum Gasteiger partial charge on any atom is 0.261 e. The molecule has 2 aromatic rings. The summed E-state index contributed by atoms with van der Waals surface area (Å²) in [4.78, 5) is 26.8. The molecule has 3 N–H and O–H groups in total. The van der Waals surface area contributed by atoms with Crippen LogP contribution in [0, 0.1) is 0 Å². The van der Waals surface area contributed by atoms with Gasteiger partial charge in [0.05, 0.1) is 12.0 Å². The van der Waals surface area contributed by atoms with Crippen molar-refractivity contribution in [3.63, 3.8) is 0 Å². The monoisotopic (exact) mass is 335 g/mol. The van der Waals surface area contributed by atoms with Crippen LogP contribution in [-0.4, -0.2) is 30.5 Å². The third-order valence-electron chi connectivity index (χ3n) is 3.57. The molecule has 0 saturated heterocycles. The summed E-state index contributed by atoms with van der Waals surface area (Å²) in [5.41, 5.74) is 1.40. The number of hydrogen-bond donors (Lipinski definition) is 3. The highest BCUT2D eigenvalue weighted by Gasteiger charge is 2.13. The third-order valence-corrected chi connectivity index (χ3v) is 3.57. The van der Waals surface area contributed by atoms with Crippen molar-refractivity contribution in [3.8, 4) is 11.5 Å². The van der Waals surface area contributed by atoms with Crippen LogP contribution in [0.4, 0.5) is 0 Å². The molecule has 2 aromatic heterocycles. The van der Waals surface area contributed by atoms with E-state index < -0.39 is 5.56 Å². The highest BCUT2D eigenvalue weighted by Crippen LogP contribution is 2.15. The van der Waals surface area contributed by atoms with Gasteiger partial charge in [-0.3, -0.25) is 9.59 Å². The lowest BCUT2D eigenvalue weighted by Gasteiger charge is -2.14. The molecule has 122 valence electrons. The maximum absolute atomic E-state index is 12.1. The van der Waals surface area contributed by atoms with E-state index >= 15 is 0 Å². The van der Waals surface area contributed by atoms with Gasteiger partial charge in [0.15, 0.2) is 0 Å². The Morgan fingerprint density at radius 2 is 2.17 bits per heavy atom. The first kappa shape index (κ1) is 17.1. The first-order valence-electron chi connectivity index (χ1n) is 7.18. The normalized spacial score (nSPS) is 13.8. The fourth-order valence-electron chi connectivity index (χ4n) is 2.35. The standard InChI is InChI=1S/C16H17N3O3.ClH/c20-15(18-10-11-5-7-17-8-6-11)12-3-4-13(19-16(12)21)14-2-1-9-22-14;/h1-5,9,17H,6-8,10H2,(H,18,20)(H,19,21);1H. The summed E-state index contributed by atoms with van der Waals surface area (Å²) in [6.45, 7) is 2.21. The predicted octanol–water partition coefficient (Wildman–Crippen LogP) is 1.71. The number of furan rings is 1. The molecule has 23 heavy (non-hydrogen) atoms. The molecule has 7 heteroatoms. The molecule has 0 saturated carbocycles. The van der Waals surface area contributed by atoms with Gasteiger partial charge in [-0.15, -0.1) is 12.4 Å². The second-order valence-corrected chi connectivity index (χ2v) is 5.09. The largest absolute Gasteiger partial charge is 0.463 e. The molecule has 0 aliphatic carbocycles. The smallest absolute Gasteiger partial charge is 0.261 e. The summed E-state index contributed by atoms with van der Waals surface area (Å²) in [7, 11) is 0. The van der Waals surface area contributed by atoms with Crippen LogP contribution in [0.5, 0.6) is 0 Å². The van der Waals surface area contributed by atoms with Crippen molar-refractivity contribution in [3.05, 3.63) is 58.1 Å². The number of H-pyrrole nitrogens is 1. The molecular formula is C16H18ClN3O3. The minimum absolute atomic E-state index is 0. The lowest BCUT2D eigenvalue weighted by molar-refractivity contribution is 0.0955. The molecule has 1 amide bonds. The molecule has 0 radical (unpaired) electrons. The third kappa shape index (κ3) is 4.12. The summed E-state index contributed by atoms with van der Waals surface area (Å²) >= 11 is 0. The summed E-state index contributed by atoms with van der Waals surface area (Å²) < 4.78 is 5.22. The SMILES string of the molecule is Cl.O=C(NCC1=CCNCC1)c1ccc(-c2ccco2)[nH]c1=O. The molecule has 6 nitrogen and oxygen atoms in total. The van der Waals surface area contributed by atoms with E-state index in [2.05, 4.69) is 21.7 Å². The number of aromatic amines is 1. The minimum atomic E-state index is -0.425. The van der Waals surface area contributed by atoms with Crippen molar-refractivity contribution in [2.24, 2.45) is 0 Å². The van der Waals surface area contributed by atoms with Crippen molar-refractivity contribution >= 4 is 18.3 Å². The van der Waals surface area contributed by atoms with Gasteiger partial charge in [-0.1, -0.05) is 11.6 Å². The van der Waals surface area contributed by atoms with Crippen molar-refractivity contribution in [2.45, 2.75) is 6.42 Å². The zero-order valence-electron chi connectivity index (χ0n) is 12.4. The Bertz CT molecular complexity index is 750. The fourth-order valence-corrected chi connectivity index (χ4v) is 2.35. The van der Waals surface area contributed by atoms with Crippen molar-refractivity contribution in [1.29, 1.82) is 0 Å². The molecule has 0 spiro atoms. The van der Waals surface area contributed by atoms with E-state index in [0.717, 1.165) is 19.5 Å². The second kappa shape index (κ2) is 7.80. The quantitative estimate of drug-likeness (QED) is 0.742. The van der Waals surface area contributed by atoms with Crippen LogP contribution in [0.3, 0.4) is 0 Å². The molecule has 0 bridgehead atoms. The molecule has 0 unspecified atom stereocenters. The number of pyridine rings is 1. The molecule has 1 aliphatic rings. The number of aromatic nitrogens is 1.